The van der Waals surface area contributed by atoms with Gasteiger partial charge in [0.1, 0.15) is 5.75 Å². The lowest BCUT2D eigenvalue weighted by Gasteiger charge is -2.10. The monoisotopic (exact) mass is 204 g/mol. The van der Waals surface area contributed by atoms with E-state index in [0.29, 0.717) is 0 Å². The predicted molar refractivity (Wildman–Crippen MR) is 46.2 cm³/mol. The molecule has 78 valence electrons. The van der Waals surface area contributed by atoms with Crippen molar-refractivity contribution in [3.63, 3.8) is 0 Å². The molecule has 1 aromatic carbocycles. The van der Waals surface area contributed by atoms with Crippen LogP contribution in [0.3, 0.4) is 0 Å². The second-order valence-electron chi connectivity index (χ2n) is 2.57. The van der Waals surface area contributed by atoms with Crippen molar-refractivity contribution in [2.24, 2.45) is 0 Å². The van der Waals surface area contributed by atoms with Crippen molar-refractivity contribution in [2.75, 3.05) is 14.2 Å². The first-order chi connectivity index (χ1) is 6.60. The zero-order valence-electron chi connectivity index (χ0n) is 7.75. The Morgan fingerprint density at radius 2 is 1.71 bits per heavy atom. The number of phenols is 1. The van der Waals surface area contributed by atoms with Crippen LogP contribution < -0.4 is 9.47 Å². The highest BCUT2D eigenvalue weighted by atomic mass is 19.3. The number of hydrogen-bond acceptors (Lipinski definition) is 3. The molecule has 5 heteroatoms. The van der Waals surface area contributed by atoms with Crippen LogP contribution in [0.15, 0.2) is 12.1 Å². The van der Waals surface area contributed by atoms with E-state index in [9.17, 15) is 13.9 Å². The molecule has 14 heavy (non-hydrogen) atoms. The number of ether oxygens (including phenoxy) is 2. The smallest absolute Gasteiger partial charge is 0.267 e. The number of alkyl halides is 2. The van der Waals surface area contributed by atoms with Crippen LogP contribution in [0.25, 0.3) is 0 Å². The zero-order chi connectivity index (χ0) is 10.7. The molecule has 0 atom stereocenters. The molecular formula is C9H10F2O3. The lowest BCUT2D eigenvalue weighted by Crippen LogP contribution is -1.94. The van der Waals surface area contributed by atoms with Crippen LogP contribution in [0, 0.1) is 0 Å². The molecule has 0 aromatic heterocycles. The van der Waals surface area contributed by atoms with E-state index in [4.69, 9.17) is 9.47 Å². The fraction of sp³-hybridized carbons (Fsp3) is 0.333. The zero-order valence-corrected chi connectivity index (χ0v) is 7.75. The molecule has 0 bridgehead atoms. The summed E-state index contributed by atoms with van der Waals surface area (Å²) >= 11 is 0. The minimum Gasteiger partial charge on any atom is -0.504 e. The number of hydrogen-bond donors (Lipinski definition) is 1. The normalized spacial score (nSPS) is 10.4. The van der Waals surface area contributed by atoms with Crippen molar-refractivity contribution in [3.8, 4) is 17.2 Å². The molecule has 0 radical (unpaired) electrons. The molecule has 0 aliphatic heterocycles. The number of rotatable bonds is 3. The van der Waals surface area contributed by atoms with E-state index in [0.717, 1.165) is 6.07 Å². The molecule has 1 N–H and O–H groups in total. The van der Waals surface area contributed by atoms with E-state index in [2.05, 4.69) is 0 Å². The Hall–Kier alpha value is -1.52. The lowest BCUT2D eigenvalue weighted by atomic mass is 10.2. The van der Waals surface area contributed by atoms with Gasteiger partial charge >= 0.3 is 0 Å². The summed E-state index contributed by atoms with van der Waals surface area (Å²) in [4.78, 5) is 0. The first-order valence-electron chi connectivity index (χ1n) is 3.83. The molecule has 0 amide bonds. The highest BCUT2D eigenvalue weighted by Gasteiger charge is 2.17. The molecule has 3 nitrogen and oxygen atoms in total. The van der Waals surface area contributed by atoms with Gasteiger partial charge in [0.2, 0.25) is 0 Å². The van der Waals surface area contributed by atoms with E-state index < -0.39 is 6.43 Å². The van der Waals surface area contributed by atoms with Gasteiger partial charge in [-0.25, -0.2) is 8.78 Å². The number of benzene rings is 1. The average Bonchev–Trinajstić information content (AvgIpc) is 2.17. The van der Waals surface area contributed by atoms with Gasteiger partial charge in [-0.05, 0) is 6.07 Å². The van der Waals surface area contributed by atoms with Crippen molar-refractivity contribution in [1.29, 1.82) is 0 Å². The third kappa shape index (κ3) is 1.86. The van der Waals surface area contributed by atoms with Gasteiger partial charge in [0, 0.05) is 6.07 Å². The molecule has 0 aliphatic rings. The topological polar surface area (TPSA) is 38.7 Å². The van der Waals surface area contributed by atoms with Crippen molar-refractivity contribution in [3.05, 3.63) is 17.7 Å². The summed E-state index contributed by atoms with van der Waals surface area (Å²) in [5.41, 5.74) is -0.356. The van der Waals surface area contributed by atoms with Crippen LogP contribution >= 0.6 is 0 Å². The molecule has 0 spiro atoms. The molecule has 0 saturated heterocycles. The summed E-state index contributed by atoms with van der Waals surface area (Å²) in [6.45, 7) is 0. The van der Waals surface area contributed by atoms with Crippen LogP contribution in [0.4, 0.5) is 8.78 Å². The van der Waals surface area contributed by atoms with Crippen LogP contribution in [-0.2, 0) is 0 Å². The number of halogens is 2. The number of aromatic hydroxyl groups is 1. The van der Waals surface area contributed by atoms with Crippen molar-refractivity contribution >= 4 is 0 Å². The first kappa shape index (κ1) is 10.6. The minimum absolute atomic E-state index is 0.00495. The summed E-state index contributed by atoms with van der Waals surface area (Å²) in [6.07, 6.45) is -2.69. The highest BCUT2D eigenvalue weighted by molar-refractivity contribution is 5.50. The number of methoxy groups -OCH3 is 2. The summed E-state index contributed by atoms with van der Waals surface area (Å²) < 4.78 is 34.3. The van der Waals surface area contributed by atoms with E-state index in [1.165, 1.54) is 20.3 Å². The van der Waals surface area contributed by atoms with Crippen molar-refractivity contribution < 1.29 is 23.4 Å². The molecule has 0 fully saturated rings. The molecule has 1 aromatic rings. The number of phenolic OH excluding ortho intramolecular Hbond substituents is 1. The Kier molecular flexibility index (Phi) is 3.11. The van der Waals surface area contributed by atoms with E-state index in [-0.39, 0.29) is 22.8 Å². The Morgan fingerprint density at radius 3 is 2.14 bits per heavy atom. The van der Waals surface area contributed by atoms with Gasteiger partial charge in [-0.1, -0.05) is 0 Å². The molecule has 0 unspecified atom stereocenters. The third-order valence-corrected chi connectivity index (χ3v) is 1.77. The summed E-state index contributed by atoms with van der Waals surface area (Å²) in [5.74, 6) is -0.232. The fourth-order valence-corrected chi connectivity index (χ4v) is 1.08. The van der Waals surface area contributed by atoms with Crippen LogP contribution in [0.2, 0.25) is 0 Å². The van der Waals surface area contributed by atoms with Crippen LogP contribution in [0.5, 0.6) is 17.2 Å². The Labute approximate surface area is 79.9 Å². The Bertz CT molecular complexity index is 326. The van der Waals surface area contributed by atoms with E-state index in [1.54, 1.807) is 0 Å². The van der Waals surface area contributed by atoms with Gasteiger partial charge in [-0.15, -0.1) is 0 Å². The standard InChI is InChI=1S/C9H10F2O3/c1-13-7-4-8(14-2)6(12)3-5(7)9(10)11/h3-4,9,12H,1-2H3. The van der Waals surface area contributed by atoms with E-state index in [1.807, 2.05) is 0 Å². The second-order valence-corrected chi connectivity index (χ2v) is 2.57. The first-order valence-corrected chi connectivity index (χ1v) is 3.83. The van der Waals surface area contributed by atoms with E-state index >= 15 is 0 Å². The minimum atomic E-state index is -2.69. The predicted octanol–water partition coefficient (Wildman–Crippen LogP) is 2.35. The third-order valence-electron chi connectivity index (χ3n) is 1.77. The van der Waals surface area contributed by atoms with Gasteiger partial charge in [0.15, 0.2) is 11.5 Å². The molecule has 0 saturated carbocycles. The molecule has 1 rings (SSSR count). The van der Waals surface area contributed by atoms with Crippen LogP contribution in [-0.4, -0.2) is 19.3 Å². The van der Waals surface area contributed by atoms with Gasteiger partial charge in [0.05, 0.1) is 19.8 Å². The highest BCUT2D eigenvalue weighted by Crippen LogP contribution is 2.38. The van der Waals surface area contributed by atoms with Gasteiger partial charge in [-0.2, -0.15) is 0 Å². The average molecular weight is 204 g/mol. The van der Waals surface area contributed by atoms with Crippen molar-refractivity contribution in [1.82, 2.24) is 0 Å². The fourth-order valence-electron chi connectivity index (χ4n) is 1.08. The Morgan fingerprint density at radius 1 is 1.14 bits per heavy atom. The Balaban J connectivity index is 3.24. The van der Waals surface area contributed by atoms with Crippen LogP contribution in [0.1, 0.15) is 12.0 Å². The molecular weight excluding hydrogens is 194 g/mol. The summed E-state index contributed by atoms with van der Waals surface area (Å²) in [6, 6.07) is 2.15. The SMILES string of the molecule is COc1cc(OC)c(C(F)F)cc1O. The molecule has 0 aliphatic carbocycles. The molecule has 0 heterocycles. The summed E-state index contributed by atoms with van der Waals surface area (Å²) in [5, 5.41) is 9.25. The maximum Gasteiger partial charge on any atom is 0.267 e. The van der Waals surface area contributed by atoms with Gasteiger partial charge in [0.25, 0.3) is 6.43 Å². The lowest BCUT2D eigenvalue weighted by molar-refractivity contribution is 0.146. The van der Waals surface area contributed by atoms with Crippen molar-refractivity contribution in [2.45, 2.75) is 6.43 Å². The second kappa shape index (κ2) is 4.13. The quantitative estimate of drug-likeness (QED) is 0.821. The maximum absolute atomic E-state index is 12.4. The maximum atomic E-state index is 12.4. The van der Waals surface area contributed by atoms with Gasteiger partial charge < -0.3 is 14.6 Å². The largest absolute Gasteiger partial charge is 0.504 e. The van der Waals surface area contributed by atoms with Gasteiger partial charge in [-0.3, -0.25) is 0 Å². The summed E-state index contributed by atoms with van der Waals surface area (Å²) in [7, 11) is 2.61.